The molecule has 0 unspecified atom stereocenters. The molecule has 1 aromatic heterocycles. The second kappa shape index (κ2) is 5.31. The predicted molar refractivity (Wildman–Crippen MR) is 67.6 cm³/mol. The number of ether oxygens (including phenoxy) is 1. The van der Waals surface area contributed by atoms with E-state index in [-0.39, 0.29) is 6.42 Å². The lowest BCUT2D eigenvalue weighted by atomic mass is 10.0. The maximum Gasteiger partial charge on any atom is 0.307 e. The molecule has 0 fully saturated rings. The monoisotopic (exact) mass is 243 g/mol. The number of hydrogen-bond acceptors (Lipinski definition) is 3. The average molecular weight is 243 g/mol. The van der Waals surface area contributed by atoms with E-state index in [0.717, 1.165) is 16.9 Å². The minimum Gasteiger partial charge on any atom is -0.497 e. The molecule has 0 aliphatic rings. The van der Waals surface area contributed by atoms with Crippen LogP contribution >= 0.6 is 0 Å². The lowest BCUT2D eigenvalue weighted by Gasteiger charge is -2.05. The van der Waals surface area contributed by atoms with Crippen molar-refractivity contribution in [1.29, 1.82) is 0 Å². The number of aromatic nitrogens is 1. The Hall–Kier alpha value is -2.36. The van der Waals surface area contributed by atoms with Crippen LogP contribution in [0.25, 0.3) is 11.1 Å². The first-order chi connectivity index (χ1) is 8.69. The largest absolute Gasteiger partial charge is 0.497 e. The fraction of sp³-hybridized carbons (Fsp3) is 0.143. The van der Waals surface area contributed by atoms with E-state index in [1.54, 1.807) is 19.5 Å². The van der Waals surface area contributed by atoms with Crippen LogP contribution in [0.2, 0.25) is 0 Å². The Balaban J connectivity index is 2.34. The van der Waals surface area contributed by atoms with Gasteiger partial charge in [-0.3, -0.25) is 9.78 Å². The number of hydrogen-bond donors (Lipinski definition) is 1. The predicted octanol–water partition coefficient (Wildman–Crippen LogP) is 2.38. The van der Waals surface area contributed by atoms with Gasteiger partial charge in [-0.1, -0.05) is 12.1 Å². The summed E-state index contributed by atoms with van der Waals surface area (Å²) in [5.41, 5.74) is 2.52. The van der Waals surface area contributed by atoms with Crippen LogP contribution in [0.5, 0.6) is 5.75 Å². The van der Waals surface area contributed by atoms with E-state index in [0.29, 0.717) is 5.56 Å². The molecule has 1 heterocycles. The summed E-state index contributed by atoms with van der Waals surface area (Å²) in [5, 5.41) is 8.76. The molecule has 0 radical (unpaired) electrons. The summed E-state index contributed by atoms with van der Waals surface area (Å²) in [7, 11) is 1.61. The summed E-state index contributed by atoms with van der Waals surface area (Å²) in [6, 6.07) is 9.40. The summed E-state index contributed by atoms with van der Waals surface area (Å²) < 4.78 is 5.16. The summed E-state index contributed by atoms with van der Waals surface area (Å²) in [6.45, 7) is 0. The van der Waals surface area contributed by atoms with Gasteiger partial charge in [-0.2, -0.15) is 0 Å². The number of carbonyl (C=O) groups is 1. The first-order valence-corrected chi connectivity index (χ1v) is 5.49. The number of methoxy groups -OCH3 is 1. The number of carboxylic acid groups (broad SMARTS) is 1. The highest BCUT2D eigenvalue weighted by molar-refractivity contribution is 5.72. The summed E-state index contributed by atoms with van der Waals surface area (Å²) in [5.74, 6) is -0.101. The van der Waals surface area contributed by atoms with Gasteiger partial charge in [0.15, 0.2) is 0 Å². The molecule has 2 aromatic rings. The zero-order valence-electron chi connectivity index (χ0n) is 9.96. The van der Waals surface area contributed by atoms with Crippen LogP contribution in [0.1, 0.15) is 5.56 Å². The molecule has 0 aliphatic heterocycles. The Morgan fingerprint density at radius 1 is 1.28 bits per heavy atom. The van der Waals surface area contributed by atoms with Crippen LogP contribution in [-0.4, -0.2) is 23.2 Å². The maximum absolute atomic E-state index is 10.7. The molecule has 0 bridgehead atoms. The molecule has 0 aliphatic carbocycles. The minimum atomic E-state index is -0.861. The number of rotatable bonds is 4. The first-order valence-electron chi connectivity index (χ1n) is 5.49. The SMILES string of the molecule is COc1cccc(-c2cncc(CC(=O)O)c2)c1. The quantitative estimate of drug-likeness (QED) is 0.895. The van der Waals surface area contributed by atoms with Crippen molar-refractivity contribution in [3.8, 4) is 16.9 Å². The van der Waals surface area contributed by atoms with E-state index in [1.165, 1.54) is 0 Å². The molecule has 0 spiro atoms. The molecule has 0 atom stereocenters. The van der Waals surface area contributed by atoms with Crippen LogP contribution in [0.15, 0.2) is 42.7 Å². The number of nitrogens with zero attached hydrogens (tertiary/aromatic N) is 1. The second-order valence-corrected chi connectivity index (χ2v) is 3.88. The summed E-state index contributed by atoms with van der Waals surface area (Å²) in [4.78, 5) is 14.7. The molecular formula is C14H13NO3. The van der Waals surface area contributed by atoms with Crippen molar-refractivity contribution in [2.24, 2.45) is 0 Å². The van der Waals surface area contributed by atoms with E-state index >= 15 is 0 Å². The van der Waals surface area contributed by atoms with E-state index in [2.05, 4.69) is 4.98 Å². The van der Waals surface area contributed by atoms with E-state index in [4.69, 9.17) is 9.84 Å². The molecule has 0 amide bonds. The Kier molecular flexibility index (Phi) is 3.57. The molecule has 0 saturated heterocycles. The van der Waals surface area contributed by atoms with Crippen LogP contribution in [-0.2, 0) is 11.2 Å². The van der Waals surface area contributed by atoms with Crippen molar-refractivity contribution in [2.75, 3.05) is 7.11 Å². The summed E-state index contributed by atoms with van der Waals surface area (Å²) >= 11 is 0. The standard InChI is InChI=1S/C14H13NO3/c1-18-13-4-2-3-11(7-13)12-5-10(6-14(16)17)8-15-9-12/h2-5,7-9H,6H2,1H3,(H,16,17). The van der Waals surface area contributed by atoms with Gasteiger partial charge in [0.05, 0.1) is 13.5 Å². The Morgan fingerprint density at radius 3 is 2.83 bits per heavy atom. The zero-order chi connectivity index (χ0) is 13.0. The van der Waals surface area contributed by atoms with Crippen molar-refractivity contribution < 1.29 is 14.6 Å². The fourth-order valence-corrected chi connectivity index (χ4v) is 1.72. The molecule has 1 aromatic carbocycles. The van der Waals surface area contributed by atoms with Gasteiger partial charge < -0.3 is 9.84 Å². The highest BCUT2D eigenvalue weighted by Gasteiger charge is 2.04. The first kappa shape index (κ1) is 12.1. The van der Waals surface area contributed by atoms with E-state index < -0.39 is 5.97 Å². The molecule has 92 valence electrons. The van der Waals surface area contributed by atoms with Crippen LogP contribution in [0.3, 0.4) is 0 Å². The third-order valence-electron chi connectivity index (χ3n) is 2.55. The fourth-order valence-electron chi connectivity index (χ4n) is 1.72. The van der Waals surface area contributed by atoms with Gasteiger partial charge >= 0.3 is 5.97 Å². The minimum absolute atomic E-state index is 0.0230. The van der Waals surface area contributed by atoms with Gasteiger partial charge in [0.25, 0.3) is 0 Å². The zero-order valence-corrected chi connectivity index (χ0v) is 9.96. The molecule has 0 saturated carbocycles. The third kappa shape index (κ3) is 2.85. The number of pyridine rings is 1. The molecule has 4 heteroatoms. The van der Waals surface area contributed by atoms with Crippen LogP contribution in [0.4, 0.5) is 0 Å². The number of aliphatic carboxylic acids is 1. The molecule has 1 N–H and O–H groups in total. The van der Waals surface area contributed by atoms with Crippen molar-refractivity contribution in [3.63, 3.8) is 0 Å². The van der Waals surface area contributed by atoms with Crippen molar-refractivity contribution in [2.45, 2.75) is 6.42 Å². The number of benzene rings is 1. The molecular weight excluding hydrogens is 230 g/mol. The molecule has 4 nitrogen and oxygen atoms in total. The second-order valence-electron chi connectivity index (χ2n) is 3.88. The lowest BCUT2D eigenvalue weighted by Crippen LogP contribution is -2.00. The lowest BCUT2D eigenvalue weighted by molar-refractivity contribution is -0.136. The normalized spacial score (nSPS) is 10.1. The van der Waals surface area contributed by atoms with Crippen LogP contribution < -0.4 is 4.74 Å². The van der Waals surface area contributed by atoms with Gasteiger partial charge in [-0.25, -0.2) is 0 Å². The van der Waals surface area contributed by atoms with E-state index in [9.17, 15) is 4.79 Å². The smallest absolute Gasteiger partial charge is 0.307 e. The molecule has 2 rings (SSSR count). The van der Waals surface area contributed by atoms with Gasteiger partial charge in [0.2, 0.25) is 0 Å². The number of carboxylic acids is 1. The van der Waals surface area contributed by atoms with Crippen molar-refractivity contribution in [1.82, 2.24) is 4.98 Å². The van der Waals surface area contributed by atoms with Gasteiger partial charge in [0.1, 0.15) is 5.75 Å². The maximum atomic E-state index is 10.7. The Bertz CT molecular complexity index is 566. The third-order valence-corrected chi connectivity index (χ3v) is 2.55. The van der Waals surface area contributed by atoms with Gasteiger partial charge in [-0.05, 0) is 29.3 Å². The Labute approximate surface area is 105 Å². The highest BCUT2D eigenvalue weighted by Crippen LogP contribution is 2.23. The highest BCUT2D eigenvalue weighted by atomic mass is 16.5. The van der Waals surface area contributed by atoms with Gasteiger partial charge in [0, 0.05) is 18.0 Å². The summed E-state index contributed by atoms with van der Waals surface area (Å²) in [6.07, 6.45) is 3.25. The van der Waals surface area contributed by atoms with E-state index in [1.807, 2.05) is 30.3 Å². The Morgan fingerprint density at radius 2 is 2.11 bits per heavy atom. The van der Waals surface area contributed by atoms with Crippen molar-refractivity contribution in [3.05, 3.63) is 48.3 Å². The molecule has 18 heavy (non-hydrogen) atoms. The average Bonchev–Trinajstić information content (AvgIpc) is 2.38. The van der Waals surface area contributed by atoms with Gasteiger partial charge in [-0.15, -0.1) is 0 Å². The van der Waals surface area contributed by atoms with Crippen molar-refractivity contribution >= 4 is 5.97 Å². The van der Waals surface area contributed by atoms with Crippen LogP contribution in [0, 0.1) is 0 Å². The topological polar surface area (TPSA) is 59.4 Å².